The Bertz CT molecular complexity index is 1310. The lowest BCUT2D eigenvalue weighted by molar-refractivity contribution is 0.122. The van der Waals surface area contributed by atoms with Gasteiger partial charge in [0.1, 0.15) is 0 Å². The van der Waals surface area contributed by atoms with E-state index in [1.54, 1.807) is 18.2 Å². The number of nitrogens with two attached hydrogens (primary N) is 1. The number of hydrogen-bond acceptors (Lipinski definition) is 9. The normalized spacial score (nSPS) is 17.5. The molecule has 3 aromatic rings. The molecule has 0 saturated carbocycles. The van der Waals surface area contributed by atoms with Crippen molar-refractivity contribution in [3.8, 4) is 21.8 Å². The zero-order valence-electron chi connectivity index (χ0n) is 19.0. The fraction of sp³-hybridized carbons (Fsp3) is 0.409. The van der Waals surface area contributed by atoms with Crippen molar-refractivity contribution in [2.45, 2.75) is 19.3 Å². The molecule has 0 spiro atoms. The highest BCUT2D eigenvalue weighted by Gasteiger charge is 2.27. The summed E-state index contributed by atoms with van der Waals surface area (Å²) in [6.45, 7) is 3.32. The summed E-state index contributed by atoms with van der Waals surface area (Å²) in [6, 6.07) is 6.30. The summed E-state index contributed by atoms with van der Waals surface area (Å²) in [5, 5.41) is 0.703. The number of nitrogens with zero attached hydrogens (tertiary/aromatic N) is 5. The van der Waals surface area contributed by atoms with Crippen molar-refractivity contribution in [2.75, 3.05) is 54.7 Å². The Labute approximate surface area is 207 Å². The molecule has 10 nitrogen and oxygen atoms in total. The minimum Gasteiger partial charge on any atom is -0.378 e. The van der Waals surface area contributed by atoms with Crippen LogP contribution >= 0.6 is 11.3 Å². The van der Waals surface area contributed by atoms with Gasteiger partial charge in [0.25, 0.3) is 0 Å². The van der Waals surface area contributed by atoms with Crippen molar-refractivity contribution in [2.24, 2.45) is 0 Å². The third-order valence-corrected chi connectivity index (χ3v) is 8.61. The first kappa shape index (κ1) is 23.9. The molecule has 0 amide bonds. The first-order valence-corrected chi connectivity index (χ1v) is 13.7. The maximum absolute atomic E-state index is 15.8. The maximum atomic E-state index is 15.8. The van der Waals surface area contributed by atoms with E-state index in [-0.39, 0.29) is 17.2 Å². The predicted molar refractivity (Wildman–Crippen MR) is 134 cm³/mol. The molecule has 186 valence electrons. The van der Waals surface area contributed by atoms with Gasteiger partial charge in [-0.15, -0.1) is 0 Å². The highest BCUT2D eigenvalue weighted by atomic mass is 32.2. The summed E-state index contributed by atoms with van der Waals surface area (Å²) in [5.74, 6) is -0.603. The van der Waals surface area contributed by atoms with Crippen molar-refractivity contribution in [3.63, 3.8) is 0 Å². The average molecular weight is 520 g/mol. The second-order valence-electron chi connectivity index (χ2n) is 8.31. The number of nitrogens with one attached hydrogen (secondary N) is 1. The van der Waals surface area contributed by atoms with Crippen LogP contribution in [0.25, 0.3) is 21.8 Å². The SMILES string of the molecule is Nc1nccc(-c2sc(N3CCOCC3)nc2-c2cccc(NS(=O)(=O)N3CCCCC3)c2F)n1. The second kappa shape index (κ2) is 10.0. The zero-order chi connectivity index (χ0) is 24.4. The van der Waals surface area contributed by atoms with Crippen LogP contribution < -0.4 is 15.4 Å². The minimum absolute atomic E-state index is 0.0956. The summed E-state index contributed by atoms with van der Waals surface area (Å²) in [4.78, 5) is 15.7. The van der Waals surface area contributed by atoms with Gasteiger partial charge < -0.3 is 15.4 Å². The predicted octanol–water partition coefficient (Wildman–Crippen LogP) is 2.97. The molecule has 0 unspecified atom stereocenters. The molecule has 0 bridgehead atoms. The van der Waals surface area contributed by atoms with Crippen LogP contribution in [0.3, 0.4) is 0 Å². The highest BCUT2D eigenvalue weighted by Crippen LogP contribution is 2.41. The third kappa shape index (κ3) is 5.08. The number of rotatable bonds is 6. The number of aromatic nitrogens is 3. The van der Waals surface area contributed by atoms with E-state index >= 15 is 4.39 Å². The van der Waals surface area contributed by atoms with Gasteiger partial charge in [-0.2, -0.15) is 12.7 Å². The molecule has 5 rings (SSSR count). The molecule has 0 aliphatic carbocycles. The molecule has 2 aromatic heterocycles. The Morgan fingerprint density at radius 1 is 1.06 bits per heavy atom. The average Bonchev–Trinajstić information content (AvgIpc) is 3.32. The number of halogens is 1. The Hall–Kier alpha value is -2.87. The molecule has 13 heteroatoms. The van der Waals surface area contributed by atoms with E-state index in [4.69, 9.17) is 15.5 Å². The summed E-state index contributed by atoms with van der Waals surface area (Å²) < 4.78 is 50.8. The summed E-state index contributed by atoms with van der Waals surface area (Å²) >= 11 is 1.37. The monoisotopic (exact) mass is 519 g/mol. The number of benzene rings is 1. The van der Waals surface area contributed by atoms with E-state index in [1.165, 1.54) is 27.9 Å². The molecule has 4 heterocycles. The van der Waals surface area contributed by atoms with E-state index in [2.05, 4.69) is 19.6 Å². The van der Waals surface area contributed by atoms with Gasteiger partial charge in [0, 0.05) is 37.9 Å². The van der Waals surface area contributed by atoms with Crippen molar-refractivity contribution in [3.05, 3.63) is 36.3 Å². The molecule has 2 aliphatic heterocycles. The van der Waals surface area contributed by atoms with Gasteiger partial charge in [-0.25, -0.2) is 19.3 Å². The fourth-order valence-electron chi connectivity index (χ4n) is 4.16. The quantitative estimate of drug-likeness (QED) is 0.509. The molecular formula is C22H26FN7O3S2. The number of morpholine rings is 1. The molecule has 0 atom stereocenters. The molecular weight excluding hydrogens is 493 g/mol. The number of anilines is 3. The molecule has 2 saturated heterocycles. The largest absolute Gasteiger partial charge is 0.378 e. The van der Waals surface area contributed by atoms with Crippen molar-refractivity contribution in [1.82, 2.24) is 19.3 Å². The van der Waals surface area contributed by atoms with E-state index in [9.17, 15) is 8.42 Å². The Morgan fingerprint density at radius 3 is 2.57 bits per heavy atom. The summed E-state index contributed by atoms with van der Waals surface area (Å²) in [7, 11) is -3.87. The van der Waals surface area contributed by atoms with Crippen LogP contribution in [-0.4, -0.2) is 67.1 Å². The number of ether oxygens (including phenoxy) is 1. The van der Waals surface area contributed by atoms with E-state index in [0.29, 0.717) is 60.8 Å². The van der Waals surface area contributed by atoms with Gasteiger partial charge in [-0.05, 0) is 31.0 Å². The smallest absolute Gasteiger partial charge is 0.301 e. The van der Waals surface area contributed by atoms with Gasteiger partial charge in [0.15, 0.2) is 10.9 Å². The second-order valence-corrected chi connectivity index (χ2v) is 11.0. The minimum atomic E-state index is -3.87. The summed E-state index contributed by atoms with van der Waals surface area (Å²) in [6.07, 6.45) is 4.10. The van der Waals surface area contributed by atoms with Crippen molar-refractivity contribution < 1.29 is 17.5 Å². The van der Waals surface area contributed by atoms with Crippen LogP contribution in [0.5, 0.6) is 0 Å². The number of thiazole rings is 1. The molecule has 0 radical (unpaired) electrons. The lowest BCUT2D eigenvalue weighted by Crippen LogP contribution is -2.39. The van der Waals surface area contributed by atoms with Crippen LogP contribution in [0.15, 0.2) is 30.5 Å². The van der Waals surface area contributed by atoms with Crippen molar-refractivity contribution >= 4 is 38.3 Å². The first-order chi connectivity index (χ1) is 16.9. The maximum Gasteiger partial charge on any atom is 0.301 e. The van der Waals surface area contributed by atoms with Gasteiger partial charge in [0.2, 0.25) is 5.95 Å². The Balaban J connectivity index is 1.55. The molecule has 35 heavy (non-hydrogen) atoms. The highest BCUT2D eigenvalue weighted by molar-refractivity contribution is 7.90. The first-order valence-electron chi connectivity index (χ1n) is 11.4. The van der Waals surface area contributed by atoms with Crippen LogP contribution in [0.4, 0.5) is 21.2 Å². The van der Waals surface area contributed by atoms with Crippen LogP contribution in [0.2, 0.25) is 0 Å². The third-order valence-electron chi connectivity index (χ3n) is 5.95. The van der Waals surface area contributed by atoms with Gasteiger partial charge >= 0.3 is 10.2 Å². The standard InChI is InChI=1S/C22H26FN7O3S2/c23-18-15(5-4-6-16(18)28-35(31,32)30-9-2-1-3-10-30)19-20(17-7-8-25-21(24)26-17)34-22(27-19)29-11-13-33-14-12-29/h4-8,28H,1-3,9-14H2,(H2,24,25,26). The molecule has 2 aliphatic rings. The Morgan fingerprint density at radius 2 is 1.83 bits per heavy atom. The van der Waals surface area contributed by atoms with E-state index in [1.807, 2.05) is 0 Å². The number of nitrogen functional groups attached to an aromatic ring is 1. The zero-order valence-corrected chi connectivity index (χ0v) is 20.6. The van der Waals surface area contributed by atoms with Gasteiger partial charge in [0.05, 0.1) is 35.2 Å². The lowest BCUT2D eigenvalue weighted by atomic mass is 10.1. The van der Waals surface area contributed by atoms with E-state index < -0.39 is 16.0 Å². The molecule has 1 aromatic carbocycles. The lowest BCUT2D eigenvalue weighted by Gasteiger charge is -2.26. The fourth-order valence-corrected chi connectivity index (χ4v) is 6.56. The topological polar surface area (TPSA) is 127 Å². The number of hydrogen-bond donors (Lipinski definition) is 2. The molecule has 3 N–H and O–H groups in total. The summed E-state index contributed by atoms with van der Waals surface area (Å²) in [5.41, 5.74) is 6.74. The van der Waals surface area contributed by atoms with Gasteiger partial charge in [-0.3, -0.25) is 4.72 Å². The van der Waals surface area contributed by atoms with E-state index in [0.717, 1.165) is 19.3 Å². The van der Waals surface area contributed by atoms with Gasteiger partial charge in [-0.1, -0.05) is 23.8 Å². The Kier molecular flexibility index (Phi) is 6.82. The molecule has 2 fully saturated rings. The van der Waals surface area contributed by atoms with Crippen molar-refractivity contribution in [1.29, 1.82) is 0 Å². The number of piperidine rings is 1. The van der Waals surface area contributed by atoms with Crippen LogP contribution in [0.1, 0.15) is 19.3 Å². The van der Waals surface area contributed by atoms with Crippen LogP contribution in [0, 0.1) is 5.82 Å². The van der Waals surface area contributed by atoms with Crippen LogP contribution in [-0.2, 0) is 14.9 Å².